The van der Waals surface area contributed by atoms with Crippen LogP contribution < -0.4 is 5.32 Å². The van der Waals surface area contributed by atoms with Crippen molar-refractivity contribution in [2.24, 2.45) is 0 Å². The molecule has 1 aliphatic heterocycles. The Balaban J connectivity index is 2.01. The van der Waals surface area contributed by atoms with E-state index in [4.69, 9.17) is 27.9 Å². The van der Waals surface area contributed by atoms with Crippen LogP contribution in [0.3, 0.4) is 0 Å². The SMILES string of the molecule is CC(C)(C)OC(=O)N1CCCCC1C(=O)NCc1ccc(Cl)cc1Cl. The van der Waals surface area contributed by atoms with Crippen molar-refractivity contribution in [2.45, 2.75) is 58.2 Å². The molecule has 1 N–H and O–H groups in total. The summed E-state index contributed by atoms with van der Waals surface area (Å²) in [5.74, 6) is -0.198. The highest BCUT2D eigenvalue weighted by molar-refractivity contribution is 6.35. The second-order valence-corrected chi connectivity index (χ2v) is 7.98. The molecule has 1 aromatic carbocycles. The fourth-order valence-corrected chi connectivity index (χ4v) is 3.18. The molecule has 1 saturated heterocycles. The van der Waals surface area contributed by atoms with Crippen LogP contribution in [0.2, 0.25) is 10.0 Å². The van der Waals surface area contributed by atoms with E-state index in [0.29, 0.717) is 23.0 Å². The number of nitrogens with one attached hydrogen (secondary N) is 1. The number of rotatable bonds is 3. The number of carbonyl (C=O) groups is 2. The second-order valence-electron chi connectivity index (χ2n) is 7.14. The first-order valence-electron chi connectivity index (χ1n) is 8.38. The monoisotopic (exact) mass is 386 g/mol. The number of piperidine rings is 1. The van der Waals surface area contributed by atoms with Gasteiger partial charge < -0.3 is 10.1 Å². The first-order chi connectivity index (χ1) is 11.7. The van der Waals surface area contributed by atoms with E-state index in [2.05, 4.69) is 5.32 Å². The number of hydrogen-bond donors (Lipinski definition) is 1. The first kappa shape index (κ1) is 19.9. The maximum atomic E-state index is 12.6. The van der Waals surface area contributed by atoms with E-state index >= 15 is 0 Å². The Morgan fingerprint density at radius 1 is 1.28 bits per heavy atom. The lowest BCUT2D eigenvalue weighted by molar-refractivity contribution is -0.127. The summed E-state index contributed by atoms with van der Waals surface area (Å²) in [5, 5.41) is 3.91. The van der Waals surface area contributed by atoms with Crippen molar-refractivity contribution in [2.75, 3.05) is 6.54 Å². The zero-order valence-electron chi connectivity index (χ0n) is 14.8. The quantitative estimate of drug-likeness (QED) is 0.837. The van der Waals surface area contributed by atoms with Crippen LogP contribution in [0.15, 0.2) is 18.2 Å². The average Bonchev–Trinajstić information content (AvgIpc) is 2.52. The van der Waals surface area contributed by atoms with Crippen LogP contribution in [0.4, 0.5) is 4.79 Å². The van der Waals surface area contributed by atoms with E-state index in [9.17, 15) is 9.59 Å². The molecular formula is C18H24Cl2N2O3. The van der Waals surface area contributed by atoms with Crippen LogP contribution in [0.1, 0.15) is 45.6 Å². The zero-order valence-corrected chi connectivity index (χ0v) is 16.3. The molecule has 1 aliphatic rings. The highest BCUT2D eigenvalue weighted by Gasteiger charge is 2.34. The number of carbonyl (C=O) groups excluding carboxylic acids is 2. The molecule has 25 heavy (non-hydrogen) atoms. The Labute approximate surface area is 158 Å². The molecule has 2 amide bonds. The fourth-order valence-electron chi connectivity index (χ4n) is 2.71. The van der Waals surface area contributed by atoms with E-state index in [0.717, 1.165) is 18.4 Å². The lowest BCUT2D eigenvalue weighted by atomic mass is 10.0. The number of nitrogens with zero attached hydrogens (tertiary/aromatic N) is 1. The molecule has 5 nitrogen and oxygen atoms in total. The molecular weight excluding hydrogens is 363 g/mol. The third kappa shape index (κ3) is 5.79. The van der Waals surface area contributed by atoms with E-state index in [-0.39, 0.29) is 12.5 Å². The predicted octanol–water partition coefficient (Wildman–Crippen LogP) is 4.40. The van der Waals surface area contributed by atoms with Gasteiger partial charge in [-0.2, -0.15) is 0 Å². The smallest absolute Gasteiger partial charge is 0.410 e. The molecule has 0 radical (unpaired) electrons. The maximum absolute atomic E-state index is 12.6. The number of likely N-dealkylation sites (tertiary alicyclic amines) is 1. The largest absolute Gasteiger partial charge is 0.444 e. The van der Waals surface area contributed by atoms with Gasteiger partial charge in [-0.3, -0.25) is 9.69 Å². The molecule has 138 valence electrons. The van der Waals surface area contributed by atoms with E-state index in [1.165, 1.54) is 4.90 Å². The Morgan fingerprint density at radius 3 is 2.64 bits per heavy atom. The maximum Gasteiger partial charge on any atom is 0.410 e. The third-order valence-corrected chi connectivity index (χ3v) is 4.49. The molecule has 0 aliphatic carbocycles. The normalized spacial score (nSPS) is 18.0. The summed E-state index contributed by atoms with van der Waals surface area (Å²) < 4.78 is 5.42. The summed E-state index contributed by atoms with van der Waals surface area (Å²) in [4.78, 5) is 26.5. The van der Waals surface area contributed by atoms with Gasteiger partial charge in [0.15, 0.2) is 0 Å². The van der Waals surface area contributed by atoms with Gasteiger partial charge in [0.2, 0.25) is 5.91 Å². The van der Waals surface area contributed by atoms with Crippen molar-refractivity contribution in [1.82, 2.24) is 10.2 Å². The van der Waals surface area contributed by atoms with E-state index < -0.39 is 17.7 Å². The van der Waals surface area contributed by atoms with Gasteiger partial charge >= 0.3 is 6.09 Å². The summed E-state index contributed by atoms with van der Waals surface area (Å²) >= 11 is 12.0. The number of amides is 2. The fraction of sp³-hybridized carbons (Fsp3) is 0.556. The van der Waals surface area contributed by atoms with Gasteiger partial charge in [-0.05, 0) is 57.7 Å². The summed E-state index contributed by atoms with van der Waals surface area (Å²) in [5.41, 5.74) is 0.186. The van der Waals surface area contributed by atoms with Gasteiger partial charge in [0.25, 0.3) is 0 Å². The molecule has 1 atom stereocenters. The Hall–Kier alpha value is -1.46. The zero-order chi connectivity index (χ0) is 18.6. The van der Waals surface area contributed by atoms with Crippen LogP contribution in [0.5, 0.6) is 0 Å². The standard InChI is InChI=1S/C18H24Cl2N2O3/c1-18(2,3)25-17(24)22-9-5-4-6-15(22)16(23)21-11-12-7-8-13(19)10-14(12)20/h7-8,10,15H,4-6,9,11H2,1-3H3,(H,21,23). The van der Waals surface area contributed by atoms with Gasteiger partial charge in [-0.25, -0.2) is 4.79 Å². The number of ether oxygens (including phenoxy) is 1. The van der Waals surface area contributed by atoms with Gasteiger partial charge in [-0.1, -0.05) is 29.3 Å². The predicted molar refractivity (Wildman–Crippen MR) is 98.9 cm³/mol. The topological polar surface area (TPSA) is 58.6 Å². The minimum absolute atomic E-state index is 0.198. The summed E-state index contributed by atoms with van der Waals surface area (Å²) in [6, 6.07) is 4.62. The molecule has 1 unspecified atom stereocenters. The molecule has 1 aromatic rings. The van der Waals surface area contributed by atoms with Crippen molar-refractivity contribution < 1.29 is 14.3 Å². The van der Waals surface area contributed by atoms with Crippen LogP contribution in [0, 0.1) is 0 Å². The minimum atomic E-state index is -0.591. The van der Waals surface area contributed by atoms with E-state index in [1.807, 2.05) is 20.8 Å². The van der Waals surface area contributed by atoms with E-state index in [1.54, 1.807) is 18.2 Å². The Morgan fingerprint density at radius 2 is 2.00 bits per heavy atom. The number of hydrogen-bond acceptors (Lipinski definition) is 3. The molecule has 1 fully saturated rings. The molecule has 0 bridgehead atoms. The van der Waals surface area contributed by atoms with Crippen molar-refractivity contribution in [3.8, 4) is 0 Å². The summed E-state index contributed by atoms with van der Waals surface area (Å²) in [7, 11) is 0. The second kappa shape index (κ2) is 8.28. The lowest BCUT2D eigenvalue weighted by Crippen LogP contribution is -2.53. The highest BCUT2D eigenvalue weighted by Crippen LogP contribution is 2.23. The molecule has 0 spiro atoms. The van der Waals surface area contributed by atoms with Crippen LogP contribution in [-0.2, 0) is 16.1 Å². The molecule has 0 aromatic heterocycles. The Kier molecular flexibility index (Phi) is 6.58. The van der Waals surface area contributed by atoms with Crippen molar-refractivity contribution in [1.29, 1.82) is 0 Å². The lowest BCUT2D eigenvalue weighted by Gasteiger charge is -2.35. The first-order valence-corrected chi connectivity index (χ1v) is 9.14. The number of benzene rings is 1. The van der Waals surface area contributed by atoms with Crippen LogP contribution >= 0.6 is 23.2 Å². The van der Waals surface area contributed by atoms with Gasteiger partial charge in [-0.15, -0.1) is 0 Å². The molecule has 2 rings (SSSR count). The Bertz CT molecular complexity index is 644. The summed E-state index contributed by atoms with van der Waals surface area (Å²) in [6.07, 6.45) is 1.95. The summed E-state index contributed by atoms with van der Waals surface area (Å²) in [6.45, 7) is 6.24. The highest BCUT2D eigenvalue weighted by atomic mass is 35.5. The van der Waals surface area contributed by atoms with Crippen molar-refractivity contribution in [3.63, 3.8) is 0 Å². The molecule has 1 heterocycles. The third-order valence-electron chi connectivity index (χ3n) is 3.90. The van der Waals surface area contributed by atoms with Crippen LogP contribution in [0.25, 0.3) is 0 Å². The molecule has 7 heteroatoms. The minimum Gasteiger partial charge on any atom is -0.444 e. The van der Waals surface area contributed by atoms with Crippen molar-refractivity contribution in [3.05, 3.63) is 33.8 Å². The van der Waals surface area contributed by atoms with Gasteiger partial charge in [0.05, 0.1) is 0 Å². The van der Waals surface area contributed by atoms with Gasteiger partial charge in [0.1, 0.15) is 11.6 Å². The van der Waals surface area contributed by atoms with Crippen LogP contribution in [-0.4, -0.2) is 35.1 Å². The average molecular weight is 387 g/mol. The molecule has 0 saturated carbocycles. The van der Waals surface area contributed by atoms with Crippen molar-refractivity contribution >= 4 is 35.2 Å². The number of halogens is 2. The van der Waals surface area contributed by atoms with Gasteiger partial charge in [0, 0.05) is 23.1 Å².